The minimum Gasteiger partial charge on any atom is -0.391 e. The van der Waals surface area contributed by atoms with Crippen molar-refractivity contribution in [1.29, 1.82) is 0 Å². The van der Waals surface area contributed by atoms with Crippen molar-refractivity contribution in [2.24, 2.45) is 5.92 Å². The maximum absolute atomic E-state index is 12.0. The lowest BCUT2D eigenvalue weighted by molar-refractivity contribution is 0.0645. The van der Waals surface area contributed by atoms with Gasteiger partial charge in [0.15, 0.2) is 0 Å². The third kappa shape index (κ3) is 3.20. The van der Waals surface area contributed by atoms with E-state index in [1.54, 1.807) is 36.2 Å². The van der Waals surface area contributed by atoms with Gasteiger partial charge in [-0.05, 0) is 37.0 Å². The lowest BCUT2D eigenvalue weighted by atomic mass is 10.1. The number of carbonyl (C=O) groups excluding carboxylic acids is 1. The Bertz CT molecular complexity index is 418. The molecular formula is C13H16ClNO2. The molecule has 1 aliphatic carbocycles. The molecule has 1 amide bonds. The molecule has 1 atom stereocenters. The number of nitrogens with zero attached hydrogens (tertiary/aromatic N) is 1. The van der Waals surface area contributed by atoms with E-state index < -0.39 is 6.10 Å². The summed E-state index contributed by atoms with van der Waals surface area (Å²) in [7, 11) is 1.70. The van der Waals surface area contributed by atoms with E-state index in [0.29, 0.717) is 23.0 Å². The van der Waals surface area contributed by atoms with Crippen molar-refractivity contribution in [3.8, 4) is 0 Å². The van der Waals surface area contributed by atoms with E-state index in [0.717, 1.165) is 12.8 Å². The second kappa shape index (κ2) is 5.07. The first-order valence-electron chi connectivity index (χ1n) is 5.77. The van der Waals surface area contributed by atoms with Gasteiger partial charge in [0.05, 0.1) is 6.10 Å². The van der Waals surface area contributed by atoms with Gasteiger partial charge in [0.1, 0.15) is 0 Å². The van der Waals surface area contributed by atoms with Crippen molar-refractivity contribution in [3.63, 3.8) is 0 Å². The molecule has 0 saturated heterocycles. The van der Waals surface area contributed by atoms with Gasteiger partial charge in [0, 0.05) is 24.2 Å². The van der Waals surface area contributed by atoms with Crippen molar-refractivity contribution in [2.45, 2.75) is 18.9 Å². The summed E-state index contributed by atoms with van der Waals surface area (Å²) >= 11 is 5.84. The molecule has 0 aromatic heterocycles. The summed E-state index contributed by atoms with van der Waals surface area (Å²) in [6.45, 7) is 0.385. The van der Waals surface area contributed by atoms with E-state index in [4.69, 9.17) is 11.6 Å². The van der Waals surface area contributed by atoms with Crippen molar-refractivity contribution >= 4 is 17.5 Å². The van der Waals surface area contributed by atoms with Crippen LogP contribution in [0.3, 0.4) is 0 Å². The first-order chi connectivity index (χ1) is 8.08. The monoisotopic (exact) mass is 253 g/mol. The highest BCUT2D eigenvalue weighted by molar-refractivity contribution is 6.30. The van der Waals surface area contributed by atoms with E-state index in [1.165, 1.54) is 0 Å². The number of amides is 1. The molecule has 0 heterocycles. The summed E-state index contributed by atoms with van der Waals surface area (Å²) in [5.41, 5.74) is 0.558. The standard InChI is InChI=1S/C13H16ClNO2/c1-15(8-12(16)9-5-6-9)13(17)10-3-2-4-11(14)7-10/h2-4,7,9,12,16H,5-6,8H2,1H3. The molecular weight excluding hydrogens is 238 g/mol. The topological polar surface area (TPSA) is 40.5 Å². The number of halogens is 1. The Morgan fingerprint density at radius 1 is 1.59 bits per heavy atom. The number of hydrogen-bond acceptors (Lipinski definition) is 2. The summed E-state index contributed by atoms with van der Waals surface area (Å²) in [6.07, 6.45) is 1.74. The van der Waals surface area contributed by atoms with Crippen LogP contribution in [0, 0.1) is 5.92 Å². The van der Waals surface area contributed by atoms with Gasteiger partial charge in [-0.15, -0.1) is 0 Å². The molecule has 1 saturated carbocycles. The predicted molar refractivity (Wildman–Crippen MR) is 67.1 cm³/mol. The highest BCUT2D eigenvalue weighted by atomic mass is 35.5. The fourth-order valence-corrected chi connectivity index (χ4v) is 2.03. The van der Waals surface area contributed by atoms with Crippen molar-refractivity contribution in [3.05, 3.63) is 34.9 Å². The highest BCUT2D eigenvalue weighted by Crippen LogP contribution is 2.32. The smallest absolute Gasteiger partial charge is 0.253 e. The van der Waals surface area contributed by atoms with Crippen molar-refractivity contribution in [1.82, 2.24) is 4.90 Å². The lowest BCUT2D eigenvalue weighted by Gasteiger charge is -2.20. The maximum Gasteiger partial charge on any atom is 0.253 e. The number of rotatable bonds is 4. The van der Waals surface area contributed by atoms with Gasteiger partial charge in [0.25, 0.3) is 5.91 Å². The van der Waals surface area contributed by atoms with E-state index in [-0.39, 0.29) is 5.91 Å². The molecule has 92 valence electrons. The molecule has 17 heavy (non-hydrogen) atoms. The van der Waals surface area contributed by atoms with Crippen LogP contribution < -0.4 is 0 Å². The summed E-state index contributed by atoms with van der Waals surface area (Å²) in [4.78, 5) is 13.6. The van der Waals surface area contributed by atoms with Crippen LogP contribution in [-0.2, 0) is 0 Å². The molecule has 1 N–H and O–H groups in total. The van der Waals surface area contributed by atoms with Crippen LogP contribution in [0.25, 0.3) is 0 Å². The van der Waals surface area contributed by atoms with Crippen molar-refractivity contribution < 1.29 is 9.90 Å². The summed E-state index contributed by atoms with van der Waals surface area (Å²) < 4.78 is 0. The highest BCUT2D eigenvalue weighted by Gasteiger charge is 2.31. The minimum atomic E-state index is -0.400. The van der Waals surface area contributed by atoms with Crippen LogP contribution >= 0.6 is 11.6 Å². The molecule has 0 bridgehead atoms. The molecule has 1 aliphatic rings. The number of aliphatic hydroxyl groups is 1. The third-order valence-corrected chi connectivity index (χ3v) is 3.28. The molecule has 0 spiro atoms. The second-order valence-corrected chi connectivity index (χ2v) is 5.04. The van der Waals surface area contributed by atoms with Crippen LogP contribution in [0.4, 0.5) is 0 Å². The maximum atomic E-state index is 12.0. The molecule has 1 aromatic rings. The van der Waals surface area contributed by atoms with Crippen LogP contribution in [0.5, 0.6) is 0 Å². The SMILES string of the molecule is CN(CC(O)C1CC1)C(=O)c1cccc(Cl)c1. The third-order valence-electron chi connectivity index (χ3n) is 3.05. The average Bonchev–Trinajstić information content (AvgIpc) is 3.11. The van der Waals surface area contributed by atoms with Crippen LogP contribution in [-0.4, -0.2) is 35.6 Å². The number of likely N-dealkylation sites (N-methyl/N-ethyl adjacent to an activating group) is 1. The minimum absolute atomic E-state index is 0.104. The Labute approximate surface area is 106 Å². The average molecular weight is 254 g/mol. The Balaban J connectivity index is 1.98. The van der Waals surface area contributed by atoms with Crippen LogP contribution in [0.15, 0.2) is 24.3 Å². The second-order valence-electron chi connectivity index (χ2n) is 4.60. The number of benzene rings is 1. The van der Waals surface area contributed by atoms with Gasteiger partial charge in [-0.3, -0.25) is 4.79 Å². The first-order valence-corrected chi connectivity index (χ1v) is 6.15. The lowest BCUT2D eigenvalue weighted by Crippen LogP contribution is -2.35. The molecule has 0 radical (unpaired) electrons. The summed E-state index contributed by atoms with van der Waals surface area (Å²) in [5, 5.41) is 10.3. The first kappa shape index (κ1) is 12.4. The van der Waals surface area contributed by atoms with Gasteiger partial charge in [-0.1, -0.05) is 17.7 Å². The fraction of sp³-hybridized carbons (Fsp3) is 0.462. The zero-order chi connectivity index (χ0) is 12.4. The van der Waals surface area contributed by atoms with Gasteiger partial charge in [-0.25, -0.2) is 0 Å². The van der Waals surface area contributed by atoms with Gasteiger partial charge in [0.2, 0.25) is 0 Å². The Morgan fingerprint density at radius 3 is 2.88 bits per heavy atom. The van der Waals surface area contributed by atoms with Crippen molar-refractivity contribution in [2.75, 3.05) is 13.6 Å². The molecule has 2 rings (SSSR count). The summed E-state index contributed by atoms with van der Waals surface area (Å²) in [5.74, 6) is 0.275. The zero-order valence-electron chi connectivity index (χ0n) is 9.77. The molecule has 1 unspecified atom stereocenters. The number of carbonyl (C=O) groups is 1. The Hall–Kier alpha value is -1.06. The van der Waals surface area contributed by atoms with E-state index in [1.807, 2.05) is 0 Å². The van der Waals surface area contributed by atoms with E-state index in [2.05, 4.69) is 0 Å². The van der Waals surface area contributed by atoms with Gasteiger partial charge >= 0.3 is 0 Å². The Morgan fingerprint density at radius 2 is 2.29 bits per heavy atom. The normalized spacial score (nSPS) is 16.6. The molecule has 1 aromatic carbocycles. The van der Waals surface area contributed by atoms with Crippen LogP contribution in [0.2, 0.25) is 5.02 Å². The zero-order valence-corrected chi connectivity index (χ0v) is 10.5. The van der Waals surface area contributed by atoms with E-state index >= 15 is 0 Å². The predicted octanol–water partition coefficient (Wildman–Crippen LogP) is 2.18. The van der Waals surface area contributed by atoms with Crippen LogP contribution in [0.1, 0.15) is 23.2 Å². The Kier molecular flexibility index (Phi) is 3.69. The quantitative estimate of drug-likeness (QED) is 0.894. The number of aliphatic hydroxyl groups excluding tert-OH is 1. The molecule has 3 nitrogen and oxygen atoms in total. The molecule has 0 aliphatic heterocycles. The van der Waals surface area contributed by atoms with E-state index in [9.17, 15) is 9.90 Å². The number of hydrogen-bond donors (Lipinski definition) is 1. The largest absolute Gasteiger partial charge is 0.391 e. The molecule has 4 heteroatoms. The van der Waals surface area contributed by atoms with Gasteiger partial charge in [-0.2, -0.15) is 0 Å². The molecule has 1 fully saturated rings. The van der Waals surface area contributed by atoms with Gasteiger partial charge < -0.3 is 10.0 Å². The fourth-order valence-electron chi connectivity index (χ4n) is 1.84. The summed E-state index contributed by atoms with van der Waals surface area (Å²) in [6, 6.07) is 6.86.